The van der Waals surface area contributed by atoms with E-state index in [1.165, 1.54) is 36.5 Å². The SMILES string of the molecule is COC(=O)CCNC(=O)N1CCc2[nH]cnc2C1c1cc(Cl)ccc1F. The summed E-state index contributed by atoms with van der Waals surface area (Å²) in [5, 5.41) is 3.04. The van der Waals surface area contributed by atoms with Crippen LogP contribution in [0.2, 0.25) is 5.02 Å². The van der Waals surface area contributed by atoms with E-state index in [4.69, 9.17) is 11.6 Å². The van der Waals surface area contributed by atoms with Gasteiger partial charge in [-0.05, 0) is 18.2 Å². The van der Waals surface area contributed by atoms with Crippen LogP contribution < -0.4 is 5.32 Å². The summed E-state index contributed by atoms with van der Waals surface area (Å²) < 4.78 is 19.0. The predicted octanol–water partition coefficient (Wildman–Crippen LogP) is 2.42. The van der Waals surface area contributed by atoms with Crippen molar-refractivity contribution in [2.45, 2.75) is 18.9 Å². The second kappa shape index (κ2) is 7.74. The minimum absolute atomic E-state index is 0.0555. The molecule has 2 heterocycles. The van der Waals surface area contributed by atoms with Crippen molar-refractivity contribution in [3.63, 3.8) is 0 Å². The first kappa shape index (κ1) is 18.2. The molecule has 0 bridgehead atoms. The van der Waals surface area contributed by atoms with Crippen LogP contribution in [0.3, 0.4) is 0 Å². The number of methoxy groups -OCH3 is 1. The molecule has 26 heavy (non-hydrogen) atoms. The number of aromatic amines is 1. The Bertz CT molecular complexity index is 826. The molecular formula is C17H18ClFN4O3. The maximum absolute atomic E-state index is 14.5. The Morgan fingerprint density at radius 2 is 2.31 bits per heavy atom. The van der Waals surface area contributed by atoms with Gasteiger partial charge in [-0.15, -0.1) is 0 Å². The van der Waals surface area contributed by atoms with Crippen LogP contribution in [0.25, 0.3) is 0 Å². The number of benzene rings is 1. The van der Waals surface area contributed by atoms with Gasteiger partial charge in [0.1, 0.15) is 11.9 Å². The summed E-state index contributed by atoms with van der Waals surface area (Å²) in [6.45, 7) is 0.496. The fourth-order valence-corrected chi connectivity index (χ4v) is 3.19. The van der Waals surface area contributed by atoms with Gasteiger partial charge >= 0.3 is 12.0 Å². The summed E-state index contributed by atoms with van der Waals surface area (Å²) in [5.41, 5.74) is 1.71. The molecule has 9 heteroatoms. The van der Waals surface area contributed by atoms with E-state index < -0.39 is 23.9 Å². The van der Waals surface area contributed by atoms with E-state index in [0.29, 0.717) is 23.7 Å². The van der Waals surface area contributed by atoms with E-state index in [1.54, 1.807) is 0 Å². The highest BCUT2D eigenvalue weighted by molar-refractivity contribution is 6.30. The van der Waals surface area contributed by atoms with E-state index in [0.717, 1.165) is 5.69 Å². The highest BCUT2D eigenvalue weighted by Crippen LogP contribution is 2.35. The predicted molar refractivity (Wildman–Crippen MR) is 92.3 cm³/mol. The van der Waals surface area contributed by atoms with Crippen molar-refractivity contribution in [2.75, 3.05) is 20.2 Å². The zero-order chi connectivity index (χ0) is 18.7. The lowest BCUT2D eigenvalue weighted by Gasteiger charge is -2.35. The zero-order valence-corrected chi connectivity index (χ0v) is 14.8. The Hall–Kier alpha value is -2.61. The Morgan fingerprint density at radius 1 is 1.50 bits per heavy atom. The molecule has 1 aromatic carbocycles. The second-order valence-corrected chi connectivity index (χ2v) is 6.27. The fourth-order valence-electron chi connectivity index (χ4n) is 3.01. The van der Waals surface area contributed by atoms with Gasteiger partial charge in [-0.2, -0.15) is 0 Å². The molecule has 1 aliphatic rings. The van der Waals surface area contributed by atoms with Crippen LogP contribution in [-0.2, 0) is 16.0 Å². The number of ether oxygens (including phenoxy) is 1. The molecule has 1 atom stereocenters. The lowest BCUT2D eigenvalue weighted by Crippen LogP contribution is -2.46. The number of urea groups is 1. The number of H-pyrrole nitrogens is 1. The molecule has 1 unspecified atom stereocenters. The third-order valence-electron chi connectivity index (χ3n) is 4.27. The number of halogens is 2. The number of esters is 1. The summed E-state index contributed by atoms with van der Waals surface area (Å²) in [7, 11) is 1.28. The lowest BCUT2D eigenvalue weighted by atomic mass is 9.95. The van der Waals surface area contributed by atoms with E-state index in [1.807, 2.05) is 0 Å². The third-order valence-corrected chi connectivity index (χ3v) is 4.51. The maximum atomic E-state index is 14.5. The molecule has 2 amide bonds. The molecule has 0 fully saturated rings. The van der Waals surface area contributed by atoms with Gasteiger partial charge in [0.15, 0.2) is 0 Å². The quantitative estimate of drug-likeness (QED) is 0.797. The fraction of sp³-hybridized carbons (Fsp3) is 0.353. The number of amides is 2. The van der Waals surface area contributed by atoms with Crippen LogP contribution in [0, 0.1) is 5.82 Å². The van der Waals surface area contributed by atoms with Crippen molar-refractivity contribution < 1.29 is 18.7 Å². The number of nitrogens with zero attached hydrogens (tertiary/aromatic N) is 2. The average Bonchev–Trinajstić information content (AvgIpc) is 3.11. The number of nitrogens with one attached hydrogen (secondary N) is 2. The number of aromatic nitrogens is 2. The van der Waals surface area contributed by atoms with Crippen molar-refractivity contribution in [2.24, 2.45) is 0 Å². The first-order valence-corrected chi connectivity index (χ1v) is 8.47. The molecule has 2 aromatic rings. The van der Waals surface area contributed by atoms with E-state index >= 15 is 0 Å². The highest BCUT2D eigenvalue weighted by atomic mass is 35.5. The van der Waals surface area contributed by atoms with Crippen LogP contribution in [-0.4, -0.2) is 47.1 Å². The maximum Gasteiger partial charge on any atom is 0.318 e. The summed E-state index contributed by atoms with van der Waals surface area (Å²) in [6, 6.07) is 3.11. The van der Waals surface area contributed by atoms with E-state index in [9.17, 15) is 14.0 Å². The molecule has 0 spiro atoms. The van der Waals surface area contributed by atoms with Gasteiger partial charge in [-0.3, -0.25) is 4.79 Å². The molecule has 0 radical (unpaired) electrons. The number of carbonyl (C=O) groups is 2. The summed E-state index contributed by atoms with van der Waals surface area (Å²) >= 11 is 6.03. The summed E-state index contributed by atoms with van der Waals surface area (Å²) in [4.78, 5) is 32.7. The number of hydrogen-bond donors (Lipinski definition) is 2. The van der Waals surface area contributed by atoms with Crippen LogP contribution in [0.4, 0.5) is 9.18 Å². The van der Waals surface area contributed by atoms with Crippen molar-refractivity contribution in [3.05, 3.63) is 52.3 Å². The van der Waals surface area contributed by atoms with Crippen molar-refractivity contribution >= 4 is 23.6 Å². The molecule has 1 aliphatic heterocycles. The van der Waals surface area contributed by atoms with Crippen molar-refractivity contribution in [1.29, 1.82) is 0 Å². The average molecular weight is 381 g/mol. The van der Waals surface area contributed by atoms with Gasteiger partial charge in [-0.1, -0.05) is 11.6 Å². The summed E-state index contributed by atoms with van der Waals surface area (Å²) in [6.07, 6.45) is 2.15. The molecule has 138 valence electrons. The van der Waals surface area contributed by atoms with Crippen molar-refractivity contribution in [1.82, 2.24) is 20.2 Å². The van der Waals surface area contributed by atoms with Gasteiger partial charge in [0.25, 0.3) is 0 Å². The van der Waals surface area contributed by atoms with Gasteiger partial charge in [0, 0.05) is 35.8 Å². The van der Waals surface area contributed by atoms with E-state index in [2.05, 4.69) is 20.0 Å². The number of carbonyl (C=O) groups excluding carboxylic acids is 2. The lowest BCUT2D eigenvalue weighted by molar-refractivity contribution is -0.140. The standard InChI is InChI=1S/C17H18ClFN4O3/c1-26-14(24)4-6-20-17(25)23-7-5-13-15(22-9-21-13)16(23)11-8-10(18)2-3-12(11)19/h2-3,8-9,16H,4-7H2,1H3,(H,20,25)(H,21,22). The van der Waals surface area contributed by atoms with Gasteiger partial charge in [0.05, 0.1) is 25.6 Å². The van der Waals surface area contributed by atoms with Crippen molar-refractivity contribution in [3.8, 4) is 0 Å². The first-order chi connectivity index (χ1) is 12.5. The number of rotatable bonds is 4. The summed E-state index contributed by atoms with van der Waals surface area (Å²) in [5.74, 6) is -0.890. The number of hydrogen-bond acceptors (Lipinski definition) is 4. The van der Waals surface area contributed by atoms with Gasteiger partial charge in [-0.25, -0.2) is 14.2 Å². The Kier molecular flexibility index (Phi) is 5.41. The zero-order valence-electron chi connectivity index (χ0n) is 14.1. The highest BCUT2D eigenvalue weighted by Gasteiger charge is 2.35. The monoisotopic (exact) mass is 380 g/mol. The molecule has 1 aromatic heterocycles. The van der Waals surface area contributed by atoms with Crippen LogP contribution >= 0.6 is 11.6 Å². The van der Waals surface area contributed by atoms with Crippen LogP contribution in [0.5, 0.6) is 0 Å². The Balaban J connectivity index is 1.88. The molecular weight excluding hydrogens is 363 g/mol. The number of imidazole rings is 1. The van der Waals surface area contributed by atoms with Gasteiger partial charge in [0.2, 0.25) is 0 Å². The molecule has 0 saturated heterocycles. The van der Waals surface area contributed by atoms with E-state index in [-0.39, 0.29) is 18.5 Å². The minimum Gasteiger partial charge on any atom is -0.469 e. The molecule has 7 nitrogen and oxygen atoms in total. The van der Waals surface area contributed by atoms with Gasteiger partial charge < -0.3 is 19.9 Å². The Labute approximate surface area is 154 Å². The third kappa shape index (κ3) is 3.65. The van der Waals surface area contributed by atoms with Crippen LogP contribution in [0.15, 0.2) is 24.5 Å². The number of fused-ring (bicyclic) bond motifs is 1. The largest absolute Gasteiger partial charge is 0.469 e. The second-order valence-electron chi connectivity index (χ2n) is 5.84. The smallest absolute Gasteiger partial charge is 0.318 e. The van der Waals surface area contributed by atoms with Crippen LogP contribution in [0.1, 0.15) is 29.4 Å². The minimum atomic E-state index is -0.707. The first-order valence-electron chi connectivity index (χ1n) is 8.09. The molecule has 0 aliphatic carbocycles. The Morgan fingerprint density at radius 3 is 3.08 bits per heavy atom. The molecule has 0 saturated carbocycles. The normalized spacial score (nSPS) is 16.1. The molecule has 3 rings (SSSR count). The molecule has 2 N–H and O–H groups in total. The topological polar surface area (TPSA) is 87.3 Å².